The second kappa shape index (κ2) is 6.04. The van der Waals surface area contributed by atoms with Crippen molar-refractivity contribution in [1.82, 2.24) is 0 Å². The van der Waals surface area contributed by atoms with Crippen LogP contribution < -0.4 is 4.90 Å². The number of aryl methyl sites for hydroxylation is 1. The van der Waals surface area contributed by atoms with Crippen LogP contribution in [0, 0.1) is 0 Å². The van der Waals surface area contributed by atoms with Gasteiger partial charge in [0.15, 0.2) is 0 Å². The molecule has 0 spiro atoms. The molecule has 0 aliphatic carbocycles. The van der Waals surface area contributed by atoms with Crippen LogP contribution in [0.5, 0.6) is 0 Å². The number of ether oxygens (including phenoxy) is 3. The molecule has 0 bridgehead atoms. The predicted molar refractivity (Wildman–Crippen MR) is 70.9 cm³/mol. The van der Waals surface area contributed by atoms with Crippen molar-refractivity contribution in [2.45, 2.75) is 18.8 Å². The molecule has 0 aromatic heterocycles. The number of nitrogens with zero attached hydrogens (tertiary/aromatic N) is 1. The van der Waals surface area contributed by atoms with E-state index in [9.17, 15) is 4.79 Å². The first-order valence-electron chi connectivity index (χ1n) is 6.29. The summed E-state index contributed by atoms with van der Waals surface area (Å²) in [4.78, 5) is 12.7. The van der Waals surface area contributed by atoms with Crippen LogP contribution in [0.1, 0.15) is 12.0 Å². The molecule has 1 heterocycles. The predicted octanol–water partition coefficient (Wildman–Crippen LogP) is 1.56. The van der Waals surface area contributed by atoms with E-state index in [1.54, 1.807) is 0 Å². The van der Waals surface area contributed by atoms with E-state index < -0.39 is 5.97 Å². The average Bonchev–Trinajstić information content (AvgIpc) is 2.47. The molecule has 0 unspecified atom stereocenters. The van der Waals surface area contributed by atoms with E-state index in [0.717, 1.165) is 25.1 Å². The first-order valence-corrected chi connectivity index (χ1v) is 6.29. The van der Waals surface area contributed by atoms with Gasteiger partial charge >= 0.3 is 5.97 Å². The Morgan fingerprint density at radius 3 is 2.74 bits per heavy atom. The van der Waals surface area contributed by atoms with Crippen molar-refractivity contribution in [1.29, 1.82) is 0 Å². The Bertz CT molecular complexity index is 431. The Morgan fingerprint density at radius 1 is 1.32 bits per heavy atom. The van der Waals surface area contributed by atoms with Crippen molar-refractivity contribution >= 4 is 12.2 Å². The van der Waals surface area contributed by atoms with Crippen LogP contribution in [0.15, 0.2) is 24.3 Å². The first-order chi connectivity index (χ1) is 9.24. The number of benzene rings is 1. The van der Waals surface area contributed by atoms with E-state index in [1.807, 2.05) is 12.1 Å². The summed E-state index contributed by atoms with van der Waals surface area (Å²) in [6, 6.07) is 8.21. The van der Waals surface area contributed by atoms with Crippen LogP contribution >= 0.6 is 0 Å². The Kier molecular flexibility index (Phi) is 4.39. The molecule has 0 N–H and O–H groups in total. The lowest BCUT2D eigenvalue weighted by molar-refractivity contribution is -0.331. The molecule has 0 saturated carbocycles. The fourth-order valence-corrected chi connectivity index (χ4v) is 2.43. The summed E-state index contributed by atoms with van der Waals surface area (Å²) in [5.41, 5.74) is 2.43. The first kappa shape index (κ1) is 13.8. The van der Waals surface area contributed by atoms with Gasteiger partial charge in [0.05, 0.1) is 0 Å². The highest BCUT2D eigenvalue weighted by Gasteiger charge is 2.36. The van der Waals surface area contributed by atoms with Crippen molar-refractivity contribution < 1.29 is 19.0 Å². The number of carbonyl (C=O) groups excluding carboxylic acids is 1. The van der Waals surface area contributed by atoms with Gasteiger partial charge in [-0.2, -0.15) is 0 Å². The molecule has 1 aromatic carbocycles. The SMILES string of the molecule is COC(CN1CCCc2ccccc21)(OC)OC=O. The summed E-state index contributed by atoms with van der Waals surface area (Å²) in [5, 5.41) is 0. The number of methoxy groups -OCH3 is 2. The van der Waals surface area contributed by atoms with Crippen LogP contribution in [-0.4, -0.2) is 39.8 Å². The molecule has 0 saturated heterocycles. The van der Waals surface area contributed by atoms with Crippen molar-refractivity contribution in [3.8, 4) is 0 Å². The zero-order valence-electron chi connectivity index (χ0n) is 11.3. The third kappa shape index (κ3) is 2.88. The summed E-state index contributed by atoms with van der Waals surface area (Å²) in [7, 11) is 2.92. The lowest BCUT2D eigenvalue weighted by atomic mass is 10.0. The van der Waals surface area contributed by atoms with Gasteiger partial charge in [-0.1, -0.05) is 18.2 Å². The highest BCUT2D eigenvalue weighted by Crippen LogP contribution is 2.29. The topological polar surface area (TPSA) is 48.0 Å². The quantitative estimate of drug-likeness (QED) is 0.577. The van der Waals surface area contributed by atoms with E-state index in [2.05, 4.69) is 17.0 Å². The van der Waals surface area contributed by atoms with Crippen LogP contribution in [0.25, 0.3) is 0 Å². The molecular weight excluding hydrogens is 246 g/mol. The van der Waals surface area contributed by atoms with Crippen molar-refractivity contribution in [2.24, 2.45) is 0 Å². The number of carbonyl (C=O) groups is 1. The Balaban J connectivity index is 2.21. The summed E-state index contributed by atoms with van der Waals surface area (Å²) in [5.74, 6) is -1.35. The normalized spacial score (nSPS) is 14.9. The fraction of sp³-hybridized carbons (Fsp3) is 0.500. The molecule has 0 radical (unpaired) electrons. The summed E-state index contributed by atoms with van der Waals surface area (Å²) >= 11 is 0. The minimum atomic E-state index is -1.35. The maximum absolute atomic E-state index is 10.6. The fourth-order valence-electron chi connectivity index (χ4n) is 2.43. The number of fused-ring (bicyclic) bond motifs is 1. The molecule has 0 amide bonds. The summed E-state index contributed by atoms with van der Waals surface area (Å²) in [6.45, 7) is 1.58. The zero-order chi connectivity index (χ0) is 13.7. The lowest BCUT2D eigenvalue weighted by Gasteiger charge is -2.37. The van der Waals surface area contributed by atoms with Crippen LogP contribution in [0.2, 0.25) is 0 Å². The number of anilines is 1. The van der Waals surface area contributed by atoms with Gasteiger partial charge in [-0.05, 0) is 24.5 Å². The number of hydrogen-bond acceptors (Lipinski definition) is 5. The van der Waals surface area contributed by atoms with Gasteiger partial charge in [0.2, 0.25) is 0 Å². The highest BCUT2D eigenvalue weighted by atomic mass is 16.9. The molecule has 0 fully saturated rings. The largest absolute Gasteiger partial charge is 0.408 e. The Morgan fingerprint density at radius 2 is 2.05 bits per heavy atom. The highest BCUT2D eigenvalue weighted by molar-refractivity contribution is 5.55. The molecule has 1 aliphatic heterocycles. The van der Waals surface area contributed by atoms with Gasteiger partial charge in [0, 0.05) is 26.5 Å². The molecule has 5 heteroatoms. The molecule has 104 valence electrons. The van der Waals surface area contributed by atoms with Gasteiger partial charge < -0.3 is 19.1 Å². The molecule has 5 nitrogen and oxygen atoms in total. The zero-order valence-corrected chi connectivity index (χ0v) is 11.3. The number of hydrogen-bond donors (Lipinski definition) is 0. The molecular formula is C14H19NO4. The van der Waals surface area contributed by atoms with Gasteiger partial charge in [0.25, 0.3) is 6.47 Å². The smallest absolute Gasteiger partial charge is 0.347 e. The lowest BCUT2D eigenvalue weighted by Crippen LogP contribution is -2.49. The minimum absolute atomic E-state index is 0.343. The Hall–Kier alpha value is -1.59. The van der Waals surface area contributed by atoms with Gasteiger partial charge in [-0.15, -0.1) is 0 Å². The monoisotopic (exact) mass is 265 g/mol. The van der Waals surface area contributed by atoms with Crippen molar-refractivity contribution in [3.05, 3.63) is 29.8 Å². The van der Waals surface area contributed by atoms with E-state index >= 15 is 0 Å². The summed E-state index contributed by atoms with van der Waals surface area (Å²) in [6.07, 6.45) is 2.12. The van der Waals surface area contributed by atoms with Gasteiger partial charge in [0.1, 0.15) is 6.54 Å². The van der Waals surface area contributed by atoms with Crippen molar-refractivity contribution in [3.63, 3.8) is 0 Å². The molecule has 2 rings (SSSR count). The number of rotatable bonds is 6. The molecule has 19 heavy (non-hydrogen) atoms. The third-order valence-corrected chi connectivity index (χ3v) is 3.44. The molecule has 1 aliphatic rings. The van der Waals surface area contributed by atoms with Crippen LogP contribution in [0.3, 0.4) is 0 Å². The van der Waals surface area contributed by atoms with E-state index in [1.165, 1.54) is 19.8 Å². The maximum Gasteiger partial charge on any atom is 0.347 e. The number of para-hydroxylation sites is 1. The van der Waals surface area contributed by atoms with Crippen LogP contribution in [-0.2, 0) is 25.4 Å². The van der Waals surface area contributed by atoms with E-state index in [4.69, 9.17) is 14.2 Å². The average molecular weight is 265 g/mol. The minimum Gasteiger partial charge on any atom is -0.408 e. The van der Waals surface area contributed by atoms with Gasteiger partial charge in [-0.3, -0.25) is 4.79 Å². The van der Waals surface area contributed by atoms with E-state index in [0.29, 0.717) is 13.0 Å². The molecule has 0 atom stereocenters. The second-order valence-corrected chi connectivity index (χ2v) is 4.46. The van der Waals surface area contributed by atoms with Crippen molar-refractivity contribution in [2.75, 3.05) is 32.2 Å². The summed E-state index contributed by atoms with van der Waals surface area (Å²) < 4.78 is 15.4. The standard InChI is InChI=1S/C14H19NO4/c1-17-14(18-2,19-11-16)10-15-9-5-7-12-6-3-4-8-13(12)15/h3-4,6,8,11H,5,7,9-10H2,1-2H3. The van der Waals surface area contributed by atoms with Crippen LogP contribution in [0.4, 0.5) is 5.69 Å². The van der Waals surface area contributed by atoms with E-state index in [-0.39, 0.29) is 0 Å². The van der Waals surface area contributed by atoms with Gasteiger partial charge in [-0.25, -0.2) is 0 Å². The molecule has 1 aromatic rings. The third-order valence-electron chi connectivity index (χ3n) is 3.44. The second-order valence-electron chi connectivity index (χ2n) is 4.46. The Labute approximate surface area is 113 Å². The maximum atomic E-state index is 10.6.